The second-order valence-electron chi connectivity index (χ2n) is 10.3. The molecule has 0 radical (unpaired) electrons. The molecule has 2 unspecified atom stereocenters. The van der Waals surface area contributed by atoms with E-state index < -0.39 is 5.41 Å². The van der Waals surface area contributed by atoms with Crippen molar-refractivity contribution in [1.82, 2.24) is 15.6 Å². The Morgan fingerprint density at radius 2 is 2.00 bits per heavy atom. The third-order valence-corrected chi connectivity index (χ3v) is 7.44. The number of nitrogens with zero attached hydrogens (tertiary/aromatic N) is 3. The SMILES string of the molecule is COCC(C)NC1CCC(Nc2cc(C3=NC(NCC4(C#N)CCOCC4)CC=C3)c(F)cn2)CC1. The maximum Gasteiger partial charge on any atom is 0.151 e. The van der Waals surface area contributed by atoms with Gasteiger partial charge in [0.2, 0.25) is 0 Å². The number of allylic oxidation sites excluding steroid dienone is 1. The molecule has 1 aliphatic carbocycles. The molecule has 2 atom stereocenters. The van der Waals surface area contributed by atoms with Crippen molar-refractivity contribution in [2.75, 3.05) is 38.8 Å². The van der Waals surface area contributed by atoms with Gasteiger partial charge in [0.1, 0.15) is 12.0 Å². The first kappa shape index (κ1) is 26.7. The molecule has 3 N–H and O–H groups in total. The van der Waals surface area contributed by atoms with E-state index >= 15 is 0 Å². The zero-order chi connectivity index (χ0) is 25.4. The average Bonchev–Trinajstić information content (AvgIpc) is 2.90. The van der Waals surface area contributed by atoms with E-state index in [1.165, 1.54) is 6.20 Å². The zero-order valence-corrected chi connectivity index (χ0v) is 21.4. The second kappa shape index (κ2) is 12.7. The van der Waals surface area contributed by atoms with Gasteiger partial charge in [-0.15, -0.1) is 0 Å². The molecule has 1 aromatic rings. The van der Waals surface area contributed by atoms with Gasteiger partial charge in [0.15, 0.2) is 5.82 Å². The molecule has 0 spiro atoms. The lowest BCUT2D eigenvalue weighted by atomic mass is 9.81. The number of anilines is 1. The maximum atomic E-state index is 14.8. The van der Waals surface area contributed by atoms with Crippen molar-refractivity contribution in [3.63, 3.8) is 0 Å². The van der Waals surface area contributed by atoms with Gasteiger partial charge in [0.05, 0.1) is 30.0 Å². The highest BCUT2D eigenvalue weighted by atomic mass is 19.1. The van der Waals surface area contributed by atoms with Crippen LogP contribution in [0.5, 0.6) is 0 Å². The van der Waals surface area contributed by atoms with E-state index in [0.717, 1.165) is 25.7 Å². The van der Waals surface area contributed by atoms with E-state index in [2.05, 4.69) is 33.9 Å². The van der Waals surface area contributed by atoms with Gasteiger partial charge in [-0.2, -0.15) is 5.26 Å². The Hall–Kier alpha value is -2.38. The van der Waals surface area contributed by atoms with E-state index in [4.69, 9.17) is 14.5 Å². The number of hydrogen-bond acceptors (Lipinski definition) is 8. The van der Waals surface area contributed by atoms with Crippen molar-refractivity contribution in [2.24, 2.45) is 10.4 Å². The summed E-state index contributed by atoms with van der Waals surface area (Å²) in [6, 6.07) is 5.39. The Labute approximate surface area is 213 Å². The van der Waals surface area contributed by atoms with Crippen LogP contribution in [0.15, 0.2) is 29.4 Å². The van der Waals surface area contributed by atoms with Crippen LogP contribution in [0.4, 0.5) is 10.2 Å². The molecule has 36 heavy (non-hydrogen) atoms. The van der Waals surface area contributed by atoms with Crippen LogP contribution < -0.4 is 16.0 Å². The van der Waals surface area contributed by atoms with Crippen LogP contribution in [-0.2, 0) is 9.47 Å². The number of aliphatic imine (C=N–C) groups is 1. The highest BCUT2D eigenvalue weighted by Crippen LogP contribution is 2.29. The van der Waals surface area contributed by atoms with Crippen LogP contribution in [-0.4, -0.2) is 68.5 Å². The number of dihydropyridines is 1. The fraction of sp³-hybridized carbons (Fsp3) is 0.667. The lowest BCUT2D eigenvalue weighted by molar-refractivity contribution is 0.0395. The first-order valence-electron chi connectivity index (χ1n) is 13.1. The van der Waals surface area contributed by atoms with E-state index in [1.54, 1.807) is 13.2 Å². The van der Waals surface area contributed by atoms with E-state index in [-0.39, 0.29) is 12.0 Å². The van der Waals surface area contributed by atoms with Gasteiger partial charge in [-0.1, -0.05) is 6.08 Å². The molecule has 3 aliphatic rings. The van der Waals surface area contributed by atoms with Crippen molar-refractivity contribution >= 4 is 11.5 Å². The molecule has 9 heteroatoms. The van der Waals surface area contributed by atoms with Crippen LogP contribution in [0.3, 0.4) is 0 Å². The number of rotatable bonds is 10. The molecule has 8 nitrogen and oxygen atoms in total. The first-order chi connectivity index (χ1) is 17.5. The summed E-state index contributed by atoms with van der Waals surface area (Å²) >= 11 is 0. The predicted molar refractivity (Wildman–Crippen MR) is 139 cm³/mol. The molecule has 1 saturated carbocycles. The topological polar surface area (TPSA) is 104 Å². The molecular weight excluding hydrogens is 459 g/mol. The summed E-state index contributed by atoms with van der Waals surface area (Å²) in [5, 5.41) is 20.3. The van der Waals surface area contributed by atoms with Gasteiger partial charge >= 0.3 is 0 Å². The van der Waals surface area contributed by atoms with Gasteiger partial charge in [-0.25, -0.2) is 9.37 Å². The fourth-order valence-electron chi connectivity index (χ4n) is 5.29. The summed E-state index contributed by atoms with van der Waals surface area (Å²) in [4.78, 5) is 9.06. The summed E-state index contributed by atoms with van der Waals surface area (Å²) in [5.41, 5.74) is 0.615. The molecule has 1 saturated heterocycles. The minimum Gasteiger partial charge on any atom is -0.383 e. The maximum absolute atomic E-state index is 14.8. The zero-order valence-electron chi connectivity index (χ0n) is 21.4. The number of nitrogens with one attached hydrogen (secondary N) is 3. The standard InChI is InChI=1S/C27H39FN6O2/c1-19(16-35-2)32-20-6-8-21(9-7-20)33-26-14-22(23(28)15-30-26)24-4-3-5-25(34-24)31-18-27(17-29)10-12-36-13-11-27/h3-4,14-15,19-21,25,31-32H,5-13,16,18H2,1-2H3,(H,30,33). The molecule has 0 aromatic carbocycles. The van der Waals surface area contributed by atoms with Gasteiger partial charge in [0, 0.05) is 57.0 Å². The van der Waals surface area contributed by atoms with E-state index in [1.807, 2.05) is 12.2 Å². The third-order valence-electron chi connectivity index (χ3n) is 7.44. The van der Waals surface area contributed by atoms with Crippen LogP contribution in [0.25, 0.3) is 0 Å². The Morgan fingerprint density at radius 1 is 1.25 bits per heavy atom. The molecule has 3 heterocycles. The van der Waals surface area contributed by atoms with Crippen LogP contribution in [0, 0.1) is 22.6 Å². The monoisotopic (exact) mass is 498 g/mol. The Kier molecular flexibility index (Phi) is 9.43. The van der Waals surface area contributed by atoms with Crippen molar-refractivity contribution in [2.45, 2.75) is 76.2 Å². The summed E-state index contributed by atoms with van der Waals surface area (Å²) in [5.74, 6) is 0.287. The van der Waals surface area contributed by atoms with Gasteiger partial charge in [-0.3, -0.25) is 10.3 Å². The highest BCUT2D eigenvalue weighted by Gasteiger charge is 2.33. The number of nitriles is 1. The third kappa shape index (κ3) is 7.10. The molecule has 0 bridgehead atoms. The number of aromatic nitrogens is 1. The summed E-state index contributed by atoms with van der Waals surface area (Å²) in [6.45, 7) is 4.63. The number of ether oxygens (including phenoxy) is 2. The Bertz CT molecular complexity index is 964. The normalized spacial score (nSPS) is 26.6. The van der Waals surface area contributed by atoms with E-state index in [0.29, 0.717) is 80.8 Å². The molecule has 2 aliphatic heterocycles. The number of halogens is 1. The summed E-state index contributed by atoms with van der Waals surface area (Å²) in [6.07, 6.45) is 11.3. The first-order valence-corrected chi connectivity index (χ1v) is 13.1. The minimum atomic E-state index is -0.426. The van der Waals surface area contributed by atoms with Gasteiger partial charge < -0.3 is 20.1 Å². The lowest BCUT2D eigenvalue weighted by Crippen LogP contribution is -2.43. The van der Waals surface area contributed by atoms with E-state index in [9.17, 15) is 9.65 Å². The van der Waals surface area contributed by atoms with Crippen LogP contribution >= 0.6 is 0 Å². The highest BCUT2D eigenvalue weighted by molar-refractivity contribution is 6.09. The number of methoxy groups -OCH3 is 1. The lowest BCUT2D eigenvalue weighted by Gasteiger charge is -2.32. The van der Waals surface area contributed by atoms with Crippen molar-refractivity contribution in [3.05, 3.63) is 35.8 Å². The second-order valence-corrected chi connectivity index (χ2v) is 10.3. The molecule has 4 rings (SSSR count). The quantitative estimate of drug-likeness (QED) is 0.453. The van der Waals surface area contributed by atoms with Crippen molar-refractivity contribution in [1.29, 1.82) is 5.26 Å². The average molecular weight is 499 g/mol. The fourth-order valence-corrected chi connectivity index (χ4v) is 5.29. The van der Waals surface area contributed by atoms with Crippen LogP contribution in [0.1, 0.15) is 57.4 Å². The number of hydrogen-bond donors (Lipinski definition) is 3. The number of pyridine rings is 1. The Balaban J connectivity index is 1.35. The largest absolute Gasteiger partial charge is 0.383 e. The van der Waals surface area contributed by atoms with Crippen molar-refractivity contribution in [3.8, 4) is 6.07 Å². The van der Waals surface area contributed by atoms with Crippen molar-refractivity contribution < 1.29 is 13.9 Å². The summed E-state index contributed by atoms with van der Waals surface area (Å²) in [7, 11) is 1.73. The van der Waals surface area contributed by atoms with Crippen LogP contribution in [0.2, 0.25) is 0 Å². The molecule has 0 amide bonds. The molecule has 2 fully saturated rings. The predicted octanol–water partition coefficient (Wildman–Crippen LogP) is 3.55. The summed E-state index contributed by atoms with van der Waals surface area (Å²) < 4.78 is 25.4. The smallest absolute Gasteiger partial charge is 0.151 e. The molecule has 196 valence electrons. The molecule has 1 aromatic heterocycles. The molecular formula is C27H39FN6O2. The van der Waals surface area contributed by atoms with Gasteiger partial charge in [0.25, 0.3) is 0 Å². The van der Waals surface area contributed by atoms with Gasteiger partial charge in [-0.05, 0) is 57.6 Å². The minimum absolute atomic E-state index is 0.190. The Morgan fingerprint density at radius 3 is 2.72 bits per heavy atom.